The predicted octanol–water partition coefficient (Wildman–Crippen LogP) is 8.49. The zero-order chi connectivity index (χ0) is 24.5. The van der Waals surface area contributed by atoms with Crippen LogP contribution in [0.3, 0.4) is 0 Å². The number of ether oxygens (including phenoxy) is 1. The molecule has 0 radical (unpaired) electrons. The molecule has 0 unspecified atom stereocenters. The Morgan fingerprint density at radius 2 is 1.71 bits per heavy atom. The summed E-state index contributed by atoms with van der Waals surface area (Å²) in [6, 6.07) is 0. The topological polar surface area (TPSA) is 18.5 Å². The van der Waals surface area contributed by atoms with Crippen LogP contribution in [-0.4, -0.2) is 46.0 Å². The summed E-state index contributed by atoms with van der Waals surface area (Å²) < 4.78 is 15.4. The first kappa shape index (κ1) is 30.6. The minimum atomic E-state index is -1.98. The van der Waals surface area contributed by atoms with Gasteiger partial charge in [-0.2, -0.15) is 0 Å². The van der Waals surface area contributed by atoms with E-state index in [2.05, 4.69) is 111 Å². The average molecular weight is 553 g/mol. The van der Waals surface area contributed by atoms with Crippen molar-refractivity contribution in [3.63, 3.8) is 0 Å². The standard InChI is InChI=1S/C24H41O2Si.3CH3.Sn/c1-12-13-14-15-16-20(4)23(25-9)21(5)22(18-17-19(2)3)26-27(10,11)24(6,7)8;;;;/h2,12,14-18,21-23H,1,13H2,3-11H3;3*1H3;/b15-14+,18-17+,19-2?,20-16-;;;;/t21-,22+,23+;;;;/m0..../s1. The van der Waals surface area contributed by atoms with Gasteiger partial charge in [0.1, 0.15) is 0 Å². The quantitative estimate of drug-likeness (QED) is 0.137. The SMILES string of the molecule is C=CC/C=C/C=C(/C)[C@@H](OC)[C@@H](C)[C@@H](/C=C/C(C)=[CH]\[Sn]([CH3])([CH3])[CH3])O[Si](C)(C)C(C)(C)C. The van der Waals surface area contributed by atoms with Crippen LogP contribution in [0.25, 0.3) is 0 Å². The summed E-state index contributed by atoms with van der Waals surface area (Å²) in [5.74, 6) is 0.199. The maximum atomic E-state index is 6.92. The number of methoxy groups -OCH3 is 1. The Morgan fingerprint density at radius 1 is 1.13 bits per heavy atom. The second kappa shape index (κ2) is 13.4. The molecule has 31 heavy (non-hydrogen) atoms. The van der Waals surface area contributed by atoms with Gasteiger partial charge in [-0.3, -0.25) is 0 Å². The van der Waals surface area contributed by atoms with Crippen LogP contribution < -0.4 is 0 Å². The van der Waals surface area contributed by atoms with E-state index in [4.69, 9.17) is 9.16 Å². The fraction of sp³-hybridized carbons (Fsp3) is 0.630. The molecular weight excluding hydrogens is 503 g/mol. The Kier molecular flexibility index (Phi) is 13.2. The van der Waals surface area contributed by atoms with Crippen molar-refractivity contribution in [3.8, 4) is 0 Å². The minimum absolute atomic E-state index is 0.00104. The van der Waals surface area contributed by atoms with Crippen LogP contribution in [-0.2, 0) is 9.16 Å². The van der Waals surface area contributed by atoms with Gasteiger partial charge in [0.25, 0.3) is 0 Å². The summed E-state index contributed by atoms with van der Waals surface area (Å²) in [6.45, 7) is 22.0. The molecule has 0 aliphatic rings. The molecule has 0 aromatic rings. The molecule has 0 fully saturated rings. The first-order chi connectivity index (χ1) is 14.1. The van der Waals surface area contributed by atoms with Gasteiger partial charge < -0.3 is 0 Å². The Balaban J connectivity index is 5.98. The van der Waals surface area contributed by atoms with Crippen LogP contribution >= 0.6 is 0 Å². The summed E-state index contributed by atoms with van der Waals surface area (Å²) >= 11 is -1.98. The van der Waals surface area contributed by atoms with Gasteiger partial charge >= 0.3 is 188 Å². The average Bonchev–Trinajstić information content (AvgIpc) is 2.60. The molecular formula is C27H50O2SiSn. The van der Waals surface area contributed by atoms with E-state index in [1.807, 2.05) is 6.08 Å². The van der Waals surface area contributed by atoms with Gasteiger partial charge in [-0.15, -0.1) is 6.58 Å². The van der Waals surface area contributed by atoms with E-state index in [0.717, 1.165) is 6.42 Å². The summed E-state index contributed by atoms with van der Waals surface area (Å²) in [5, 5.41) is 0.159. The molecule has 0 aromatic carbocycles. The van der Waals surface area contributed by atoms with Crippen molar-refractivity contribution in [2.24, 2.45) is 5.92 Å². The van der Waals surface area contributed by atoms with E-state index in [9.17, 15) is 0 Å². The molecule has 0 aromatic heterocycles. The summed E-state index contributed by atoms with van der Waals surface area (Å²) in [7, 11) is -0.133. The Labute approximate surface area is 199 Å². The molecule has 3 atom stereocenters. The molecule has 0 aliphatic carbocycles. The second-order valence-electron chi connectivity index (χ2n) is 11.3. The third kappa shape index (κ3) is 11.9. The zero-order valence-electron chi connectivity index (χ0n) is 22.5. The van der Waals surface area contributed by atoms with Crippen molar-refractivity contribution in [2.45, 2.75) is 93.1 Å². The Bertz CT molecular complexity index is 672. The van der Waals surface area contributed by atoms with Crippen molar-refractivity contribution in [1.29, 1.82) is 0 Å². The second-order valence-corrected chi connectivity index (χ2v) is 30.4. The summed E-state index contributed by atoms with van der Waals surface area (Å²) in [4.78, 5) is 7.31. The molecule has 0 bridgehead atoms. The summed E-state index contributed by atoms with van der Waals surface area (Å²) in [6.07, 6.45) is 13.7. The normalized spacial score (nSPS) is 17.9. The number of hydrogen-bond acceptors (Lipinski definition) is 2. The first-order valence-electron chi connectivity index (χ1n) is 11.6. The summed E-state index contributed by atoms with van der Waals surface area (Å²) in [5.41, 5.74) is 2.57. The van der Waals surface area contributed by atoms with Crippen LogP contribution in [0.1, 0.15) is 48.0 Å². The molecule has 178 valence electrons. The molecule has 0 aliphatic heterocycles. The van der Waals surface area contributed by atoms with E-state index in [-0.39, 0.29) is 23.2 Å². The van der Waals surface area contributed by atoms with E-state index >= 15 is 0 Å². The van der Waals surface area contributed by atoms with Gasteiger partial charge in [0.05, 0.1) is 0 Å². The molecule has 0 heterocycles. The van der Waals surface area contributed by atoms with E-state index < -0.39 is 26.7 Å². The fourth-order valence-corrected chi connectivity index (χ4v) is 8.79. The van der Waals surface area contributed by atoms with E-state index in [1.165, 1.54) is 11.1 Å². The van der Waals surface area contributed by atoms with Crippen molar-refractivity contribution >= 4 is 26.7 Å². The van der Waals surface area contributed by atoms with Crippen LogP contribution in [0.2, 0.25) is 33.0 Å². The van der Waals surface area contributed by atoms with Gasteiger partial charge in [0, 0.05) is 0 Å². The predicted molar refractivity (Wildman–Crippen MR) is 146 cm³/mol. The zero-order valence-corrected chi connectivity index (χ0v) is 26.4. The molecule has 0 amide bonds. The van der Waals surface area contributed by atoms with E-state index in [1.54, 1.807) is 7.11 Å². The number of hydrogen-bond donors (Lipinski definition) is 0. The van der Waals surface area contributed by atoms with E-state index in [0.29, 0.717) is 0 Å². The third-order valence-electron chi connectivity index (χ3n) is 5.94. The van der Waals surface area contributed by atoms with Crippen molar-refractivity contribution in [3.05, 3.63) is 58.3 Å². The van der Waals surface area contributed by atoms with Crippen LogP contribution in [0.15, 0.2) is 58.3 Å². The maximum absolute atomic E-state index is 6.92. The Hall–Kier alpha value is -0.364. The number of allylic oxidation sites excluding steroid dienone is 6. The molecule has 0 spiro atoms. The van der Waals surface area contributed by atoms with Crippen LogP contribution in [0.5, 0.6) is 0 Å². The fourth-order valence-electron chi connectivity index (χ4n) is 3.29. The van der Waals surface area contributed by atoms with Gasteiger partial charge in [-0.05, 0) is 0 Å². The first-order valence-corrected chi connectivity index (χ1v) is 24.7. The Morgan fingerprint density at radius 3 is 2.16 bits per heavy atom. The van der Waals surface area contributed by atoms with Gasteiger partial charge in [-0.25, -0.2) is 0 Å². The molecule has 0 saturated carbocycles. The molecule has 4 heteroatoms. The van der Waals surface area contributed by atoms with Gasteiger partial charge in [-0.1, -0.05) is 6.08 Å². The number of rotatable bonds is 12. The molecule has 0 N–H and O–H groups in total. The molecule has 0 saturated heterocycles. The van der Waals surface area contributed by atoms with Gasteiger partial charge in [0.15, 0.2) is 0 Å². The van der Waals surface area contributed by atoms with Crippen molar-refractivity contribution in [2.75, 3.05) is 7.11 Å². The van der Waals surface area contributed by atoms with Crippen LogP contribution in [0, 0.1) is 5.92 Å². The van der Waals surface area contributed by atoms with Crippen molar-refractivity contribution < 1.29 is 9.16 Å². The third-order valence-corrected chi connectivity index (χ3v) is 14.2. The molecule has 0 rings (SSSR count). The van der Waals surface area contributed by atoms with Crippen molar-refractivity contribution in [1.82, 2.24) is 0 Å². The molecule has 2 nitrogen and oxygen atoms in total. The monoisotopic (exact) mass is 554 g/mol. The van der Waals surface area contributed by atoms with Crippen LogP contribution in [0.4, 0.5) is 0 Å². The van der Waals surface area contributed by atoms with Gasteiger partial charge in [0.2, 0.25) is 0 Å².